The molecule has 0 aliphatic carbocycles. The van der Waals surface area contributed by atoms with Gasteiger partial charge < -0.3 is 0 Å². The van der Waals surface area contributed by atoms with Gasteiger partial charge in [0.25, 0.3) is 0 Å². The first kappa shape index (κ1) is 13.1. The van der Waals surface area contributed by atoms with Gasteiger partial charge in [-0.25, -0.2) is 0 Å². The molecule has 1 aromatic carbocycles. The Labute approximate surface area is 120 Å². The lowest BCUT2D eigenvalue weighted by molar-refractivity contribution is 0.965. The van der Waals surface area contributed by atoms with E-state index in [4.69, 9.17) is 11.6 Å². The van der Waals surface area contributed by atoms with E-state index < -0.39 is 0 Å². The Morgan fingerprint density at radius 2 is 2.00 bits per heavy atom. The number of aryl methyl sites for hydroxylation is 2. The first-order valence-corrected chi connectivity index (χ1v) is 7.68. The third kappa shape index (κ3) is 3.12. The topological polar surface area (TPSA) is 0 Å². The van der Waals surface area contributed by atoms with E-state index in [9.17, 15) is 0 Å². The highest BCUT2D eigenvalue weighted by Crippen LogP contribution is 2.36. The lowest BCUT2D eigenvalue weighted by Crippen LogP contribution is -1.95. The van der Waals surface area contributed by atoms with Gasteiger partial charge in [-0.05, 0) is 48.4 Å². The van der Waals surface area contributed by atoms with Crippen LogP contribution >= 0.6 is 38.9 Å². The van der Waals surface area contributed by atoms with Crippen LogP contribution in [0.2, 0.25) is 5.02 Å². The van der Waals surface area contributed by atoms with Crippen LogP contribution in [-0.2, 0) is 6.42 Å². The Balaban J connectivity index is 2.16. The highest BCUT2D eigenvalue weighted by Gasteiger charge is 2.13. The van der Waals surface area contributed by atoms with E-state index in [1.807, 2.05) is 11.4 Å². The number of benzene rings is 1. The van der Waals surface area contributed by atoms with Crippen LogP contribution in [0.5, 0.6) is 0 Å². The summed E-state index contributed by atoms with van der Waals surface area (Å²) in [6, 6.07) is 8.58. The monoisotopic (exact) mass is 328 g/mol. The predicted octanol–water partition coefficient (Wildman–Crippen LogP) is 5.70. The Kier molecular flexibility index (Phi) is 4.29. The van der Waals surface area contributed by atoms with E-state index in [0.717, 1.165) is 11.4 Å². The van der Waals surface area contributed by atoms with Gasteiger partial charge in [-0.3, -0.25) is 0 Å². The molecule has 0 spiro atoms. The molecule has 0 saturated carbocycles. The summed E-state index contributed by atoms with van der Waals surface area (Å²) in [5.74, 6) is 0. The lowest BCUT2D eigenvalue weighted by Gasteiger charge is -2.10. The number of rotatable bonds is 3. The van der Waals surface area contributed by atoms with Crippen LogP contribution in [0.3, 0.4) is 0 Å². The smallest absolute Gasteiger partial charge is 0.0556 e. The Hall–Kier alpha value is -0.310. The molecule has 1 atom stereocenters. The highest BCUT2D eigenvalue weighted by atomic mass is 79.9. The van der Waals surface area contributed by atoms with Crippen molar-refractivity contribution in [1.29, 1.82) is 0 Å². The standard InChI is InChI=1S/C14H14BrClS/c1-9-3-4-11(7-10(9)2)8-12(15)14-13(16)5-6-17-14/h3-7,12H,8H2,1-2H3. The summed E-state index contributed by atoms with van der Waals surface area (Å²) in [4.78, 5) is 1.52. The SMILES string of the molecule is Cc1ccc(CC(Br)c2sccc2Cl)cc1C. The maximum atomic E-state index is 6.14. The van der Waals surface area contributed by atoms with Gasteiger partial charge in [-0.2, -0.15) is 0 Å². The maximum Gasteiger partial charge on any atom is 0.0556 e. The van der Waals surface area contributed by atoms with Crippen LogP contribution in [0.15, 0.2) is 29.6 Å². The second kappa shape index (κ2) is 5.55. The van der Waals surface area contributed by atoms with Gasteiger partial charge in [0.2, 0.25) is 0 Å². The van der Waals surface area contributed by atoms with Crippen molar-refractivity contribution in [3.63, 3.8) is 0 Å². The van der Waals surface area contributed by atoms with Gasteiger partial charge in [-0.15, -0.1) is 11.3 Å². The van der Waals surface area contributed by atoms with Gasteiger partial charge >= 0.3 is 0 Å². The quantitative estimate of drug-likeness (QED) is 0.634. The van der Waals surface area contributed by atoms with Crippen molar-refractivity contribution in [2.75, 3.05) is 0 Å². The molecular weight excluding hydrogens is 316 g/mol. The minimum atomic E-state index is 0.303. The van der Waals surface area contributed by atoms with Gasteiger partial charge in [0, 0.05) is 4.88 Å². The summed E-state index contributed by atoms with van der Waals surface area (Å²) in [6.45, 7) is 4.29. The zero-order chi connectivity index (χ0) is 12.4. The maximum absolute atomic E-state index is 6.14. The summed E-state index contributed by atoms with van der Waals surface area (Å²) in [7, 11) is 0. The summed E-state index contributed by atoms with van der Waals surface area (Å²) in [5, 5.41) is 2.90. The molecule has 2 rings (SSSR count). The van der Waals surface area contributed by atoms with Crippen molar-refractivity contribution in [2.45, 2.75) is 25.1 Å². The van der Waals surface area contributed by atoms with E-state index in [2.05, 4.69) is 48.0 Å². The number of hydrogen-bond donors (Lipinski definition) is 0. The van der Waals surface area contributed by atoms with Gasteiger partial charge in [-0.1, -0.05) is 45.7 Å². The molecule has 0 aliphatic rings. The number of alkyl halides is 1. The summed E-state index contributed by atoms with van der Waals surface area (Å²) in [5.41, 5.74) is 4.04. The second-order valence-electron chi connectivity index (χ2n) is 4.22. The van der Waals surface area contributed by atoms with Crippen LogP contribution in [-0.4, -0.2) is 0 Å². The van der Waals surface area contributed by atoms with Crippen molar-refractivity contribution in [3.05, 3.63) is 56.2 Å². The van der Waals surface area contributed by atoms with Crippen molar-refractivity contribution in [1.82, 2.24) is 0 Å². The zero-order valence-electron chi connectivity index (χ0n) is 9.84. The van der Waals surface area contributed by atoms with E-state index >= 15 is 0 Å². The molecule has 0 radical (unpaired) electrons. The first-order chi connectivity index (χ1) is 8.08. The largest absolute Gasteiger partial charge is 0.146 e. The highest BCUT2D eigenvalue weighted by molar-refractivity contribution is 9.09. The minimum absolute atomic E-state index is 0.303. The number of halogens is 2. The number of hydrogen-bond acceptors (Lipinski definition) is 1. The van der Waals surface area contributed by atoms with Crippen LogP contribution < -0.4 is 0 Å². The summed E-state index contributed by atoms with van der Waals surface area (Å²) < 4.78 is 0. The summed E-state index contributed by atoms with van der Waals surface area (Å²) in [6.07, 6.45) is 0.974. The average molecular weight is 330 g/mol. The van der Waals surface area contributed by atoms with Crippen molar-refractivity contribution >= 4 is 38.9 Å². The molecule has 0 N–H and O–H groups in total. The van der Waals surface area contributed by atoms with Gasteiger partial charge in [0.15, 0.2) is 0 Å². The molecule has 0 saturated heterocycles. The zero-order valence-corrected chi connectivity index (χ0v) is 13.0. The van der Waals surface area contributed by atoms with Crippen molar-refractivity contribution in [3.8, 4) is 0 Å². The van der Waals surface area contributed by atoms with E-state index in [1.54, 1.807) is 11.3 Å². The molecule has 0 amide bonds. The van der Waals surface area contributed by atoms with Gasteiger partial charge in [0.05, 0.1) is 9.85 Å². The second-order valence-corrected chi connectivity index (χ2v) is 6.68. The number of thiophene rings is 1. The van der Waals surface area contributed by atoms with Crippen LogP contribution in [0, 0.1) is 13.8 Å². The lowest BCUT2D eigenvalue weighted by atomic mass is 10.0. The molecular formula is C14H14BrClS. The molecule has 0 aliphatic heterocycles. The first-order valence-electron chi connectivity index (χ1n) is 5.51. The van der Waals surface area contributed by atoms with Crippen molar-refractivity contribution in [2.24, 2.45) is 0 Å². The molecule has 90 valence electrons. The fraction of sp³-hybridized carbons (Fsp3) is 0.286. The molecule has 0 fully saturated rings. The Morgan fingerprint density at radius 3 is 2.59 bits per heavy atom. The van der Waals surface area contributed by atoms with Crippen LogP contribution in [0.1, 0.15) is 26.4 Å². The molecule has 2 aromatic rings. The third-order valence-corrected chi connectivity index (χ3v) is 5.47. The molecule has 17 heavy (non-hydrogen) atoms. The third-order valence-electron chi connectivity index (χ3n) is 2.92. The minimum Gasteiger partial charge on any atom is -0.146 e. The summed E-state index contributed by atoms with van der Waals surface area (Å²) >= 11 is 11.6. The van der Waals surface area contributed by atoms with E-state index in [0.29, 0.717) is 4.83 Å². The molecule has 0 nitrogen and oxygen atoms in total. The van der Waals surface area contributed by atoms with E-state index in [1.165, 1.54) is 21.6 Å². The fourth-order valence-electron chi connectivity index (χ4n) is 1.76. The Bertz CT molecular complexity index is 519. The van der Waals surface area contributed by atoms with Gasteiger partial charge in [0.1, 0.15) is 0 Å². The van der Waals surface area contributed by atoms with E-state index in [-0.39, 0.29) is 0 Å². The molecule has 1 heterocycles. The van der Waals surface area contributed by atoms with Crippen LogP contribution in [0.25, 0.3) is 0 Å². The average Bonchev–Trinajstić information content (AvgIpc) is 2.70. The van der Waals surface area contributed by atoms with Crippen molar-refractivity contribution < 1.29 is 0 Å². The predicted molar refractivity (Wildman–Crippen MR) is 80.6 cm³/mol. The molecule has 3 heteroatoms. The van der Waals surface area contributed by atoms with Crippen LogP contribution in [0.4, 0.5) is 0 Å². The fourth-order valence-corrected chi connectivity index (χ4v) is 4.00. The Morgan fingerprint density at radius 1 is 1.24 bits per heavy atom. The molecule has 1 aromatic heterocycles. The molecule has 0 bridgehead atoms. The molecule has 1 unspecified atom stereocenters. The normalized spacial score (nSPS) is 12.7.